The average molecular weight is 400 g/mol. The van der Waals surface area contributed by atoms with Crippen molar-refractivity contribution in [3.05, 3.63) is 40.8 Å². The van der Waals surface area contributed by atoms with Crippen LogP contribution in [0.2, 0.25) is 5.15 Å². The van der Waals surface area contributed by atoms with Crippen LogP contribution in [0.15, 0.2) is 29.8 Å². The summed E-state index contributed by atoms with van der Waals surface area (Å²) in [4.78, 5) is 30.8. The van der Waals surface area contributed by atoms with E-state index >= 15 is 0 Å². The van der Waals surface area contributed by atoms with E-state index in [1.54, 1.807) is 36.2 Å². The van der Waals surface area contributed by atoms with Crippen LogP contribution in [0.3, 0.4) is 0 Å². The Hall–Kier alpha value is -2.72. The van der Waals surface area contributed by atoms with E-state index in [1.807, 2.05) is 26.8 Å². The molecule has 0 aliphatic heterocycles. The van der Waals surface area contributed by atoms with Crippen LogP contribution < -0.4 is 0 Å². The summed E-state index contributed by atoms with van der Waals surface area (Å²) in [6.07, 6.45) is 2.99. The minimum absolute atomic E-state index is 0.0770. The quantitative estimate of drug-likeness (QED) is 0.735. The Bertz CT molecular complexity index is 1030. The van der Waals surface area contributed by atoms with Gasteiger partial charge in [-0.05, 0) is 30.4 Å². The molecule has 0 saturated carbocycles. The fourth-order valence-corrected chi connectivity index (χ4v) is 4.02. The Morgan fingerprint density at radius 1 is 1.39 bits per heavy atom. The van der Waals surface area contributed by atoms with E-state index in [0.717, 1.165) is 0 Å². The highest BCUT2D eigenvalue weighted by Gasteiger charge is 2.42. The molecule has 2 heterocycles. The topological polar surface area (TPSA) is 91.4 Å². The highest BCUT2D eigenvalue weighted by Crippen LogP contribution is 2.44. The zero-order valence-corrected chi connectivity index (χ0v) is 17.1. The summed E-state index contributed by atoms with van der Waals surface area (Å²) in [5.74, 6) is -0.352. The largest absolute Gasteiger partial charge is 0.339 e. The van der Waals surface area contributed by atoms with Gasteiger partial charge in [0.1, 0.15) is 11.2 Å². The molecule has 0 bridgehead atoms. The molecule has 1 aliphatic rings. The van der Waals surface area contributed by atoms with Crippen molar-refractivity contribution in [1.29, 1.82) is 5.26 Å². The van der Waals surface area contributed by atoms with Gasteiger partial charge in [0.2, 0.25) is 5.82 Å². The molecule has 2 aromatic heterocycles. The molecule has 28 heavy (non-hydrogen) atoms. The summed E-state index contributed by atoms with van der Waals surface area (Å²) < 4.78 is 1.42. The van der Waals surface area contributed by atoms with Gasteiger partial charge in [-0.2, -0.15) is 5.26 Å². The number of carbonyl (C=O) groups excluding carboxylic acids is 2. The van der Waals surface area contributed by atoms with Crippen LogP contribution in [-0.4, -0.2) is 44.8 Å². The van der Waals surface area contributed by atoms with Crippen molar-refractivity contribution in [1.82, 2.24) is 19.5 Å². The first-order chi connectivity index (χ1) is 13.1. The van der Waals surface area contributed by atoms with Crippen molar-refractivity contribution < 1.29 is 9.59 Å². The van der Waals surface area contributed by atoms with Crippen LogP contribution in [0.25, 0.3) is 5.65 Å². The number of ketones is 1. The lowest BCUT2D eigenvalue weighted by atomic mass is 9.64. The van der Waals surface area contributed by atoms with Crippen molar-refractivity contribution in [2.45, 2.75) is 33.6 Å². The number of nitrogens with zero attached hydrogens (tertiary/aromatic N) is 5. The minimum Gasteiger partial charge on any atom is -0.339 e. The Labute approximate surface area is 168 Å². The molecule has 1 aliphatic carbocycles. The van der Waals surface area contributed by atoms with Gasteiger partial charge in [0.15, 0.2) is 11.4 Å². The number of Topliss-reactive ketones (excluding diaryl/α,β-unsaturated/α-hetero) is 1. The van der Waals surface area contributed by atoms with E-state index in [0.29, 0.717) is 30.2 Å². The molecule has 0 N–H and O–H groups in total. The predicted octanol–water partition coefficient (Wildman–Crippen LogP) is 3.30. The van der Waals surface area contributed by atoms with Gasteiger partial charge in [0.25, 0.3) is 5.91 Å². The molecule has 2 aromatic rings. The highest BCUT2D eigenvalue weighted by molar-refractivity contribution is 6.29. The SMILES string of the molecule is CN(CC[C@]1(C)C=C(C#N)C(=O)C(C)(C)C1)C(=O)c1nc2cccc(Cl)n2n1. The van der Waals surface area contributed by atoms with Crippen molar-refractivity contribution in [3.63, 3.8) is 0 Å². The van der Waals surface area contributed by atoms with Crippen molar-refractivity contribution in [2.24, 2.45) is 10.8 Å². The first-order valence-corrected chi connectivity index (χ1v) is 9.39. The maximum absolute atomic E-state index is 12.7. The summed E-state index contributed by atoms with van der Waals surface area (Å²) in [5, 5.41) is 13.9. The molecule has 0 spiro atoms. The Kier molecular flexibility index (Phi) is 5.02. The summed E-state index contributed by atoms with van der Waals surface area (Å²) >= 11 is 6.08. The normalized spacial score (nSPS) is 21.3. The first-order valence-electron chi connectivity index (χ1n) is 9.01. The number of pyridine rings is 1. The van der Waals surface area contributed by atoms with Crippen molar-refractivity contribution >= 4 is 28.9 Å². The second kappa shape index (κ2) is 7.02. The number of nitriles is 1. The molecule has 8 heteroatoms. The molecule has 1 amide bonds. The van der Waals surface area contributed by atoms with Crippen LogP contribution >= 0.6 is 11.6 Å². The van der Waals surface area contributed by atoms with E-state index in [4.69, 9.17) is 11.6 Å². The van der Waals surface area contributed by atoms with Crippen LogP contribution in [0, 0.1) is 22.2 Å². The van der Waals surface area contributed by atoms with E-state index in [2.05, 4.69) is 10.1 Å². The number of hydrogen-bond donors (Lipinski definition) is 0. The number of hydrogen-bond acceptors (Lipinski definition) is 5. The average Bonchev–Trinajstić information content (AvgIpc) is 3.07. The predicted molar refractivity (Wildman–Crippen MR) is 105 cm³/mol. The zero-order chi connectivity index (χ0) is 20.7. The van der Waals surface area contributed by atoms with Gasteiger partial charge in [0, 0.05) is 19.0 Å². The fourth-order valence-electron chi connectivity index (χ4n) is 3.82. The number of rotatable bonds is 4. The Morgan fingerprint density at radius 3 is 2.75 bits per heavy atom. The second-order valence-corrected chi connectivity index (χ2v) is 8.63. The van der Waals surface area contributed by atoms with Gasteiger partial charge in [-0.1, -0.05) is 44.5 Å². The summed E-state index contributed by atoms with van der Waals surface area (Å²) in [6, 6.07) is 7.17. The number of allylic oxidation sites excluding steroid dienone is 2. The van der Waals surface area contributed by atoms with Gasteiger partial charge in [0.05, 0.1) is 5.57 Å². The van der Waals surface area contributed by atoms with Gasteiger partial charge >= 0.3 is 0 Å². The highest BCUT2D eigenvalue weighted by atomic mass is 35.5. The number of fused-ring (bicyclic) bond motifs is 1. The lowest BCUT2D eigenvalue weighted by Gasteiger charge is -2.39. The molecule has 0 unspecified atom stereocenters. The molecule has 7 nitrogen and oxygen atoms in total. The molecular formula is C20H22ClN5O2. The second-order valence-electron chi connectivity index (χ2n) is 8.24. The standard InChI is InChI=1S/C20H22ClN5O2/c1-19(2)12-20(3,10-13(11-22)16(19)27)8-9-25(4)18(28)17-23-15-7-5-6-14(21)26(15)24-17/h5-7,10H,8-9,12H2,1-4H3/t20-/m1/s1. The number of aromatic nitrogens is 3. The molecule has 3 rings (SSSR count). The lowest BCUT2D eigenvalue weighted by molar-refractivity contribution is -0.125. The lowest BCUT2D eigenvalue weighted by Crippen LogP contribution is -2.39. The van der Waals surface area contributed by atoms with Crippen molar-refractivity contribution in [3.8, 4) is 6.07 Å². The Morgan fingerprint density at radius 2 is 2.11 bits per heavy atom. The fraction of sp³-hybridized carbons (Fsp3) is 0.450. The summed E-state index contributed by atoms with van der Waals surface area (Å²) in [7, 11) is 1.69. The smallest absolute Gasteiger partial charge is 0.293 e. The molecule has 0 fully saturated rings. The van der Waals surface area contributed by atoms with Crippen LogP contribution in [0.4, 0.5) is 0 Å². The number of halogens is 1. The third-order valence-corrected chi connectivity index (χ3v) is 5.47. The zero-order valence-electron chi connectivity index (χ0n) is 16.4. The molecule has 146 valence electrons. The number of amides is 1. The Balaban J connectivity index is 1.75. The van der Waals surface area contributed by atoms with Crippen LogP contribution in [-0.2, 0) is 4.79 Å². The monoisotopic (exact) mass is 399 g/mol. The van der Waals surface area contributed by atoms with E-state index in [1.165, 1.54) is 4.52 Å². The van der Waals surface area contributed by atoms with Gasteiger partial charge in [-0.15, -0.1) is 5.10 Å². The van der Waals surface area contributed by atoms with Crippen LogP contribution in [0.1, 0.15) is 44.2 Å². The molecule has 1 atom stereocenters. The van der Waals surface area contributed by atoms with Crippen LogP contribution in [0.5, 0.6) is 0 Å². The van der Waals surface area contributed by atoms with Gasteiger partial charge < -0.3 is 4.90 Å². The minimum atomic E-state index is -0.600. The van der Waals surface area contributed by atoms with E-state index < -0.39 is 5.41 Å². The van der Waals surface area contributed by atoms with Gasteiger partial charge in [-0.3, -0.25) is 9.59 Å². The third kappa shape index (κ3) is 3.65. The summed E-state index contributed by atoms with van der Waals surface area (Å²) in [6.45, 7) is 6.17. The summed E-state index contributed by atoms with van der Waals surface area (Å²) in [5.41, 5.74) is -0.251. The molecule has 0 saturated heterocycles. The third-order valence-electron chi connectivity index (χ3n) is 5.19. The molecule has 0 aromatic carbocycles. The van der Waals surface area contributed by atoms with Crippen molar-refractivity contribution in [2.75, 3.05) is 13.6 Å². The first kappa shape index (κ1) is 20.0. The maximum Gasteiger partial charge on any atom is 0.293 e. The number of carbonyl (C=O) groups is 2. The van der Waals surface area contributed by atoms with E-state index in [9.17, 15) is 14.9 Å². The molecular weight excluding hydrogens is 378 g/mol. The van der Waals surface area contributed by atoms with Gasteiger partial charge in [-0.25, -0.2) is 9.50 Å². The van der Waals surface area contributed by atoms with E-state index in [-0.39, 0.29) is 28.5 Å². The maximum atomic E-state index is 12.7. The molecule has 0 radical (unpaired) electrons.